The highest BCUT2D eigenvalue weighted by Gasteiger charge is 2.18. The van der Waals surface area contributed by atoms with E-state index in [0.717, 1.165) is 0 Å². The maximum absolute atomic E-state index is 2.95. The summed E-state index contributed by atoms with van der Waals surface area (Å²) in [6.45, 7) is 0. The molecule has 0 aliphatic heterocycles. The Kier molecular flexibility index (Phi) is 4.78. The van der Waals surface area contributed by atoms with Crippen LogP contribution in [0, 0.1) is 0 Å². The lowest BCUT2D eigenvalue weighted by molar-refractivity contribution is 1.55. The van der Waals surface area contributed by atoms with Crippen LogP contribution in [0.2, 0.25) is 0 Å². The van der Waals surface area contributed by atoms with Crippen LogP contribution in [0.4, 0.5) is 0 Å². The third-order valence-corrected chi connectivity index (χ3v) is 5.23. The van der Waals surface area contributed by atoms with Crippen LogP contribution in [-0.4, -0.2) is 5.29 Å². The lowest BCUT2D eigenvalue weighted by Gasteiger charge is -2.15. The van der Waals surface area contributed by atoms with Crippen LogP contribution in [0.1, 0.15) is 11.1 Å². The highest BCUT2D eigenvalue weighted by molar-refractivity contribution is 7.23. The third kappa shape index (κ3) is 3.25. The molecule has 0 heterocycles. The highest BCUT2D eigenvalue weighted by Crippen LogP contribution is 2.36. The monoisotopic (exact) mass is 351 g/mol. The Bertz CT molecular complexity index is 1020. The van der Waals surface area contributed by atoms with Gasteiger partial charge >= 0.3 is 0 Å². The Morgan fingerprint density at radius 1 is 0.500 bits per heavy atom. The Morgan fingerprint density at radius 3 is 1.65 bits per heavy atom. The molecule has 0 saturated heterocycles. The van der Waals surface area contributed by atoms with Crippen molar-refractivity contribution in [3.8, 4) is 22.3 Å². The van der Waals surface area contributed by atoms with Crippen molar-refractivity contribution in [3.63, 3.8) is 0 Å². The largest absolute Gasteiger partial charge is 0.153 e. The summed E-state index contributed by atoms with van der Waals surface area (Å²) in [6.07, 6.45) is 0. The van der Waals surface area contributed by atoms with Gasteiger partial charge in [-0.05, 0) is 22.8 Å². The predicted octanol–water partition coefficient (Wildman–Crippen LogP) is 6.46. The first-order valence-electron chi connectivity index (χ1n) is 8.76. The van der Waals surface area contributed by atoms with Gasteiger partial charge in [0.05, 0.1) is 8.86 Å². The SMILES string of the molecule is [PH2+]=C(c1ccccc1)c1cccc(-c2ccccc2)c1-c1ccccc1. The van der Waals surface area contributed by atoms with Gasteiger partial charge in [0.2, 0.25) is 0 Å². The topological polar surface area (TPSA) is 0 Å². The summed E-state index contributed by atoms with van der Waals surface area (Å²) < 4.78 is 0. The maximum Gasteiger partial charge on any atom is 0.153 e. The maximum atomic E-state index is 2.95. The molecule has 4 aromatic rings. The first kappa shape index (κ1) is 16.5. The predicted molar refractivity (Wildman–Crippen MR) is 117 cm³/mol. The molecule has 0 nitrogen and oxygen atoms in total. The second kappa shape index (κ2) is 7.52. The normalized spacial score (nSPS) is 10.5. The van der Waals surface area contributed by atoms with Gasteiger partial charge in [-0.3, -0.25) is 0 Å². The van der Waals surface area contributed by atoms with Gasteiger partial charge in [0.15, 0.2) is 5.29 Å². The molecule has 4 rings (SSSR count). The van der Waals surface area contributed by atoms with E-state index in [0.29, 0.717) is 0 Å². The van der Waals surface area contributed by atoms with Crippen LogP contribution in [0.15, 0.2) is 109 Å². The second-order valence-corrected chi connectivity index (χ2v) is 6.82. The summed E-state index contributed by atoms with van der Waals surface area (Å²) >= 11 is 0. The molecule has 4 aromatic carbocycles. The van der Waals surface area contributed by atoms with Crippen molar-refractivity contribution in [2.45, 2.75) is 0 Å². The molecule has 0 aliphatic carbocycles. The van der Waals surface area contributed by atoms with Crippen LogP contribution in [-0.2, 0) is 0 Å². The Morgan fingerprint density at radius 2 is 1.04 bits per heavy atom. The van der Waals surface area contributed by atoms with Gasteiger partial charge in [-0.2, -0.15) is 0 Å². The first-order valence-corrected chi connectivity index (χ1v) is 9.34. The molecule has 26 heavy (non-hydrogen) atoms. The molecule has 124 valence electrons. The quantitative estimate of drug-likeness (QED) is 0.370. The Balaban J connectivity index is 1.97. The Labute approximate surface area is 157 Å². The standard InChI is InChI=1S/C25H19P/c26-25(21-15-8-3-9-16-21)23-18-10-17-22(19-11-4-1-5-12-19)24(23)20-13-6-2-7-14-20/h1-18,26H/p+1. The summed E-state index contributed by atoms with van der Waals surface area (Å²) in [5, 5.41) is 1.21. The van der Waals surface area contributed by atoms with E-state index in [-0.39, 0.29) is 0 Å². The van der Waals surface area contributed by atoms with Crippen LogP contribution in [0.3, 0.4) is 0 Å². The van der Waals surface area contributed by atoms with Gasteiger partial charge in [-0.25, -0.2) is 0 Å². The van der Waals surface area contributed by atoms with Crippen molar-refractivity contribution in [3.05, 3.63) is 120 Å². The molecular formula is C25H20P+. The van der Waals surface area contributed by atoms with Gasteiger partial charge in [0, 0.05) is 16.7 Å². The summed E-state index contributed by atoms with van der Waals surface area (Å²) in [4.78, 5) is 0. The summed E-state index contributed by atoms with van der Waals surface area (Å²) in [5.74, 6) is 0. The average Bonchev–Trinajstić information content (AvgIpc) is 2.74. The van der Waals surface area contributed by atoms with Crippen molar-refractivity contribution in [1.29, 1.82) is 0 Å². The van der Waals surface area contributed by atoms with E-state index in [4.69, 9.17) is 0 Å². The zero-order chi connectivity index (χ0) is 17.8. The summed E-state index contributed by atoms with van der Waals surface area (Å²) in [7, 11) is 2.95. The number of hydrogen-bond acceptors (Lipinski definition) is 0. The van der Waals surface area contributed by atoms with E-state index < -0.39 is 0 Å². The molecule has 0 fully saturated rings. The van der Waals surface area contributed by atoms with Crippen molar-refractivity contribution in [2.24, 2.45) is 0 Å². The first-order chi connectivity index (χ1) is 12.8. The molecule has 0 N–H and O–H groups in total. The van der Waals surface area contributed by atoms with E-state index in [1.165, 1.54) is 38.7 Å². The lowest BCUT2D eigenvalue weighted by Crippen LogP contribution is -2.03. The minimum atomic E-state index is 1.21. The van der Waals surface area contributed by atoms with Crippen molar-refractivity contribution < 1.29 is 0 Å². The number of benzene rings is 4. The molecule has 1 heteroatoms. The van der Waals surface area contributed by atoms with Gasteiger partial charge < -0.3 is 0 Å². The van der Waals surface area contributed by atoms with Gasteiger partial charge in [0.25, 0.3) is 0 Å². The second-order valence-electron chi connectivity index (χ2n) is 6.24. The zero-order valence-corrected chi connectivity index (χ0v) is 15.6. The summed E-state index contributed by atoms with van der Waals surface area (Å²) in [6, 6.07) is 38.4. The molecule has 0 bridgehead atoms. The van der Waals surface area contributed by atoms with E-state index in [9.17, 15) is 0 Å². The smallest absolute Gasteiger partial charge is 0.0622 e. The number of rotatable bonds is 4. The van der Waals surface area contributed by atoms with Crippen molar-refractivity contribution in [1.82, 2.24) is 0 Å². The van der Waals surface area contributed by atoms with Crippen LogP contribution in [0.25, 0.3) is 22.3 Å². The molecule has 0 spiro atoms. The highest BCUT2D eigenvalue weighted by atomic mass is 31.0. The van der Waals surface area contributed by atoms with E-state index >= 15 is 0 Å². The molecule has 0 amide bonds. The molecular weight excluding hydrogens is 331 g/mol. The third-order valence-electron chi connectivity index (χ3n) is 4.59. The van der Waals surface area contributed by atoms with Crippen molar-refractivity contribution >= 4 is 14.2 Å². The van der Waals surface area contributed by atoms with Gasteiger partial charge in [0.1, 0.15) is 0 Å². The molecule has 0 saturated carbocycles. The fourth-order valence-corrected chi connectivity index (χ4v) is 3.76. The lowest BCUT2D eigenvalue weighted by atomic mass is 9.88. The van der Waals surface area contributed by atoms with Crippen LogP contribution in [0.5, 0.6) is 0 Å². The number of hydrogen-bond donors (Lipinski definition) is 0. The minimum absolute atomic E-state index is 1.21. The minimum Gasteiger partial charge on any atom is -0.0622 e. The average molecular weight is 351 g/mol. The zero-order valence-electron chi connectivity index (χ0n) is 14.5. The summed E-state index contributed by atoms with van der Waals surface area (Å²) in [5.41, 5.74) is 7.46. The molecule has 1 atom stereocenters. The molecule has 1 unspecified atom stereocenters. The van der Waals surface area contributed by atoms with E-state index in [1.54, 1.807) is 0 Å². The molecule has 0 aliphatic rings. The fourth-order valence-electron chi connectivity index (χ4n) is 3.32. The molecule has 0 aromatic heterocycles. The Hall–Kier alpha value is -2.95. The van der Waals surface area contributed by atoms with Crippen LogP contribution < -0.4 is 0 Å². The van der Waals surface area contributed by atoms with E-state index in [1.807, 2.05) is 0 Å². The van der Waals surface area contributed by atoms with Gasteiger partial charge in [-0.15, -0.1) is 0 Å². The van der Waals surface area contributed by atoms with Gasteiger partial charge in [-0.1, -0.05) is 103 Å². The van der Waals surface area contributed by atoms with E-state index in [2.05, 4.69) is 118 Å². The molecule has 0 radical (unpaired) electrons. The van der Waals surface area contributed by atoms with Crippen molar-refractivity contribution in [2.75, 3.05) is 0 Å². The fraction of sp³-hybridized carbons (Fsp3) is 0. The van der Waals surface area contributed by atoms with Crippen LogP contribution >= 0.6 is 8.86 Å².